The summed E-state index contributed by atoms with van der Waals surface area (Å²) in [6.45, 7) is 1.87. The Balaban J connectivity index is 1.56. The van der Waals surface area contributed by atoms with Crippen LogP contribution >= 0.6 is 11.6 Å². The van der Waals surface area contributed by atoms with Gasteiger partial charge in [-0.15, -0.1) is 0 Å². The summed E-state index contributed by atoms with van der Waals surface area (Å²) < 4.78 is 0. The average Bonchev–Trinajstić information content (AvgIpc) is 3.23. The van der Waals surface area contributed by atoms with Crippen molar-refractivity contribution < 1.29 is 9.59 Å². The highest BCUT2D eigenvalue weighted by molar-refractivity contribution is 6.30. The molecule has 1 heterocycles. The van der Waals surface area contributed by atoms with E-state index in [1.165, 1.54) is 0 Å². The maximum Gasteiger partial charge on any atom is 0.235 e. The van der Waals surface area contributed by atoms with Crippen LogP contribution in [0.2, 0.25) is 5.02 Å². The van der Waals surface area contributed by atoms with Gasteiger partial charge >= 0.3 is 0 Å². The van der Waals surface area contributed by atoms with Crippen molar-refractivity contribution in [1.29, 1.82) is 0 Å². The molecule has 4 nitrogen and oxygen atoms in total. The third-order valence-corrected chi connectivity index (χ3v) is 5.96. The summed E-state index contributed by atoms with van der Waals surface area (Å²) in [7, 11) is 0. The molecule has 1 spiro atoms. The van der Waals surface area contributed by atoms with E-state index in [0.717, 1.165) is 48.2 Å². The summed E-state index contributed by atoms with van der Waals surface area (Å²) in [5.74, 6) is -0.270. The molecular weight excluding hydrogens is 348 g/mol. The van der Waals surface area contributed by atoms with Gasteiger partial charge in [0.25, 0.3) is 0 Å². The number of hydrogen-bond donors (Lipinski definition) is 2. The molecule has 5 heteroatoms. The van der Waals surface area contributed by atoms with Crippen LogP contribution in [-0.4, -0.2) is 11.8 Å². The van der Waals surface area contributed by atoms with Crippen LogP contribution in [0.5, 0.6) is 0 Å². The number of hydrogen-bond acceptors (Lipinski definition) is 2. The van der Waals surface area contributed by atoms with Crippen LogP contribution in [0.3, 0.4) is 0 Å². The molecule has 2 N–H and O–H groups in total. The fraction of sp³-hybridized carbons (Fsp3) is 0.333. The fourth-order valence-corrected chi connectivity index (χ4v) is 4.25. The van der Waals surface area contributed by atoms with Gasteiger partial charge < -0.3 is 10.6 Å². The summed E-state index contributed by atoms with van der Waals surface area (Å²) in [5.41, 5.74) is 3.14. The smallest absolute Gasteiger partial charge is 0.235 e. The standard InChI is InChI=1S/C21H21ClN2O2/c1-13(14-4-6-15(22)7-5-14)19(25)23-16-8-9-18-17(12-16)21(20(26)24-18)10-2-3-11-21/h4-9,12-13H,2-3,10-11H2,1H3,(H,23,25)(H,24,26). The van der Waals surface area contributed by atoms with Crippen molar-refractivity contribution >= 4 is 34.8 Å². The molecular formula is C21H21ClN2O2. The Bertz CT molecular complexity index is 870. The topological polar surface area (TPSA) is 58.2 Å². The highest BCUT2D eigenvalue weighted by Gasteiger charge is 2.48. The predicted octanol–water partition coefficient (Wildman–Crippen LogP) is 4.85. The van der Waals surface area contributed by atoms with E-state index >= 15 is 0 Å². The molecule has 1 atom stereocenters. The van der Waals surface area contributed by atoms with Gasteiger partial charge in [0.2, 0.25) is 11.8 Å². The number of nitrogens with one attached hydrogen (secondary N) is 2. The third kappa shape index (κ3) is 2.78. The molecule has 2 aromatic carbocycles. The van der Waals surface area contributed by atoms with Gasteiger partial charge in [-0.25, -0.2) is 0 Å². The molecule has 1 unspecified atom stereocenters. The molecule has 1 saturated carbocycles. The molecule has 1 aliphatic heterocycles. The molecule has 4 rings (SSSR count). The van der Waals surface area contributed by atoms with E-state index in [-0.39, 0.29) is 17.7 Å². The minimum absolute atomic E-state index is 0.0787. The Labute approximate surface area is 157 Å². The first-order valence-electron chi connectivity index (χ1n) is 9.02. The largest absolute Gasteiger partial charge is 0.326 e. The van der Waals surface area contributed by atoms with Crippen molar-refractivity contribution in [3.05, 3.63) is 58.6 Å². The van der Waals surface area contributed by atoms with Gasteiger partial charge in [-0.2, -0.15) is 0 Å². The van der Waals surface area contributed by atoms with Crippen LogP contribution in [0.15, 0.2) is 42.5 Å². The van der Waals surface area contributed by atoms with Crippen LogP contribution in [0.25, 0.3) is 0 Å². The third-order valence-electron chi connectivity index (χ3n) is 5.71. The van der Waals surface area contributed by atoms with E-state index in [9.17, 15) is 9.59 Å². The number of benzene rings is 2. The first-order valence-corrected chi connectivity index (χ1v) is 9.40. The predicted molar refractivity (Wildman–Crippen MR) is 104 cm³/mol. The molecule has 0 aromatic heterocycles. The minimum atomic E-state index is -0.405. The van der Waals surface area contributed by atoms with Crippen LogP contribution in [0.1, 0.15) is 49.7 Å². The second kappa shape index (κ2) is 6.44. The number of carbonyl (C=O) groups is 2. The van der Waals surface area contributed by atoms with E-state index in [4.69, 9.17) is 11.6 Å². The molecule has 2 aromatic rings. The lowest BCUT2D eigenvalue weighted by molar-refractivity contribution is -0.120. The van der Waals surface area contributed by atoms with Crippen molar-refractivity contribution in [2.75, 3.05) is 10.6 Å². The lowest BCUT2D eigenvalue weighted by Gasteiger charge is -2.21. The highest BCUT2D eigenvalue weighted by Crippen LogP contribution is 2.49. The number of carbonyl (C=O) groups excluding carboxylic acids is 2. The molecule has 2 amide bonds. The van der Waals surface area contributed by atoms with Crippen LogP contribution in [-0.2, 0) is 15.0 Å². The molecule has 1 fully saturated rings. The molecule has 1 aliphatic carbocycles. The lowest BCUT2D eigenvalue weighted by atomic mass is 9.80. The van der Waals surface area contributed by atoms with Crippen molar-refractivity contribution in [1.82, 2.24) is 0 Å². The summed E-state index contributed by atoms with van der Waals surface area (Å²) in [5, 5.41) is 6.65. The SMILES string of the molecule is CC(C(=O)Nc1ccc2c(c1)C1(CCCC1)C(=O)N2)c1ccc(Cl)cc1. The van der Waals surface area contributed by atoms with Gasteiger partial charge in [0.05, 0.1) is 11.3 Å². The number of fused-ring (bicyclic) bond motifs is 2. The van der Waals surface area contributed by atoms with Gasteiger partial charge in [0.1, 0.15) is 0 Å². The summed E-state index contributed by atoms with van der Waals surface area (Å²) in [4.78, 5) is 25.1. The average molecular weight is 369 g/mol. The first-order chi connectivity index (χ1) is 12.5. The number of anilines is 2. The van der Waals surface area contributed by atoms with E-state index in [2.05, 4.69) is 10.6 Å². The maximum absolute atomic E-state index is 12.6. The van der Waals surface area contributed by atoms with Crippen LogP contribution in [0.4, 0.5) is 11.4 Å². The summed E-state index contributed by atoms with van der Waals surface area (Å²) in [6, 6.07) is 13.0. The van der Waals surface area contributed by atoms with Crippen molar-refractivity contribution in [2.24, 2.45) is 0 Å². The molecule has 0 radical (unpaired) electrons. The molecule has 0 bridgehead atoms. The number of rotatable bonds is 3. The monoisotopic (exact) mass is 368 g/mol. The Morgan fingerprint density at radius 2 is 1.85 bits per heavy atom. The highest BCUT2D eigenvalue weighted by atomic mass is 35.5. The molecule has 26 heavy (non-hydrogen) atoms. The maximum atomic E-state index is 12.6. The fourth-order valence-electron chi connectivity index (χ4n) is 4.12. The van der Waals surface area contributed by atoms with Gasteiger partial charge in [0.15, 0.2) is 0 Å². The molecule has 2 aliphatic rings. The zero-order valence-electron chi connectivity index (χ0n) is 14.6. The Morgan fingerprint density at radius 1 is 1.15 bits per heavy atom. The Hall–Kier alpha value is -2.33. The van der Waals surface area contributed by atoms with Crippen molar-refractivity contribution in [3.8, 4) is 0 Å². The molecule has 0 saturated heterocycles. The molecule has 134 valence electrons. The minimum Gasteiger partial charge on any atom is -0.326 e. The first kappa shape index (κ1) is 17.1. The van der Waals surface area contributed by atoms with Crippen LogP contribution in [0, 0.1) is 0 Å². The van der Waals surface area contributed by atoms with Crippen molar-refractivity contribution in [2.45, 2.75) is 43.9 Å². The zero-order valence-corrected chi connectivity index (χ0v) is 15.4. The van der Waals surface area contributed by atoms with Gasteiger partial charge in [-0.3, -0.25) is 9.59 Å². The summed E-state index contributed by atoms with van der Waals surface area (Å²) >= 11 is 5.92. The van der Waals surface area contributed by atoms with E-state index < -0.39 is 5.41 Å². The lowest BCUT2D eigenvalue weighted by Crippen LogP contribution is -2.31. The Morgan fingerprint density at radius 3 is 2.54 bits per heavy atom. The van der Waals surface area contributed by atoms with Crippen molar-refractivity contribution in [3.63, 3.8) is 0 Å². The number of amides is 2. The zero-order chi connectivity index (χ0) is 18.3. The van der Waals surface area contributed by atoms with E-state index in [0.29, 0.717) is 5.02 Å². The second-order valence-electron chi connectivity index (χ2n) is 7.27. The van der Waals surface area contributed by atoms with E-state index in [1.807, 2.05) is 37.3 Å². The van der Waals surface area contributed by atoms with Crippen LogP contribution < -0.4 is 10.6 Å². The second-order valence-corrected chi connectivity index (χ2v) is 7.70. The van der Waals surface area contributed by atoms with Gasteiger partial charge in [-0.05, 0) is 61.2 Å². The summed E-state index contributed by atoms with van der Waals surface area (Å²) in [6.07, 6.45) is 3.89. The van der Waals surface area contributed by atoms with E-state index in [1.54, 1.807) is 12.1 Å². The Kier molecular flexibility index (Phi) is 4.23. The van der Waals surface area contributed by atoms with Gasteiger partial charge in [0, 0.05) is 16.4 Å². The quantitative estimate of drug-likeness (QED) is 0.813. The normalized spacial score (nSPS) is 18.5. The van der Waals surface area contributed by atoms with Gasteiger partial charge in [-0.1, -0.05) is 36.6 Å². The number of halogens is 1.